The summed E-state index contributed by atoms with van der Waals surface area (Å²) in [6.07, 6.45) is 4.50. The van der Waals surface area contributed by atoms with Crippen molar-refractivity contribution < 1.29 is 13.9 Å². The van der Waals surface area contributed by atoms with E-state index in [2.05, 4.69) is 17.2 Å². The smallest absolute Gasteiger partial charge is 0.153 e. The van der Waals surface area contributed by atoms with Gasteiger partial charge >= 0.3 is 0 Å². The molecule has 2 rings (SSSR count). The molecule has 0 bridgehead atoms. The number of halogens is 1. The molecule has 0 N–H and O–H groups in total. The lowest BCUT2D eigenvalue weighted by molar-refractivity contribution is 0.111. The Hall–Kier alpha value is -2.24. The van der Waals surface area contributed by atoms with E-state index in [0.717, 1.165) is 25.5 Å². The van der Waals surface area contributed by atoms with E-state index in [1.165, 1.54) is 12.1 Å². The minimum atomic E-state index is -0.468. The van der Waals surface area contributed by atoms with Gasteiger partial charge in [0, 0.05) is 6.54 Å². The second kappa shape index (κ2) is 6.79. The summed E-state index contributed by atoms with van der Waals surface area (Å²) in [6, 6.07) is 3.82. The molecule has 0 aliphatic rings. The average Bonchev–Trinajstić information content (AvgIpc) is 2.91. The van der Waals surface area contributed by atoms with Crippen molar-refractivity contribution in [1.82, 2.24) is 15.0 Å². The number of benzene rings is 1. The summed E-state index contributed by atoms with van der Waals surface area (Å²) in [5, 5.41) is 7.96. The average molecular weight is 277 g/mol. The van der Waals surface area contributed by atoms with Crippen LogP contribution in [0, 0.1) is 5.82 Å². The van der Waals surface area contributed by atoms with Crippen molar-refractivity contribution in [3.63, 3.8) is 0 Å². The first-order valence-corrected chi connectivity index (χ1v) is 6.49. The summed E-state index contributed by atoms with van der Waals surface area (Å²) in [4.78, 5) is 10.8. The molecule has 1 heterocycles. The van der Waals surface area contributed by atoms with Crippen LogP contribution in [0.2, 0.25) is 0 Å². The molecule has 0 amide bonds. The van der Waals surface area contributed by atoms with Gasteiger partial charge in [-0.1, -0.05) is 18.6 Å². The number of carbonyl (C=O) groups is 1. The van der Waals surface area contributed by atoms with Gasteiger partial charge in [-0.2, -0.15) is 0 Å². The van der Waals surface area contributed by atoms with E-state index in [-0.39, 0.29) is 12.2 Å². The van der Waals surface area contributed by atoms with Crippen LogP contribution in [0.5, 0.6) is 5.75 Å². The fourth-order valence-corrected chi connectivity index (χ4v) is 1.73. The molecule has 0 saturated heterocycles. The Kier molecular flexibility index (Phi) is 4.81. The molecule has 0 aliphatic carbocycles. The quantitative estimate of drug-likeness (QED) is 0.730. The van der Waals surface area contributed by atoms with Gasteiger partial charge in [0.25, 0.3) is 0 Å². The zero-order valence-electron chi connectivity index (χ0n) is 11.3. The van der Waals surface area contributed by atoms with E-state index >= 15 is 0 Å². The predicted molar refractivity (Wildman–Crippen MR) is 71.0 cm³/mol. The number of hydrogen-bond acceptors (Lipinski definition) is 4. The van der Waals surface area contributed by atoms with Gasteiger partial charge in [0.2, 0.25) is 0 Å². The van der Waals surface area contributed by atoms with E-state index in [1.54, 1.807) is 10.9 Å². The van der Waals surface area contributed by atoms with Crippen molar-refractivity contribution in [3.05, 3.63) is 41.5 Å². The minimum absolute atomic E-state index is 0.184. The van der Waals surface area contributed by atoms with Gasteiger partial charge in [0.1, 0.15) is 23.9 Å². The number of aromatic nitrogens is 3. The number of rotatable bonds is 7. The molecule has 0 atom stereocenters. The Bertz CT molecular complexity index is 584. The molecule has 2 aromatic rings. The van der Waals surface area contributed by atoms with Crippen molar-refractivity contribution in [3.8, 4) is 5.75 Å². The largest absolute Gasteiger partial charge is 0.486 e. The molecular weight excluding hydrogens is 261 g/mol. The maximum Gasteiger partial charge on any atom is 0.153 e. The van der Waals surface area contributed by atoms with Crippen molar-refractivity contribution in [1.29, 1.82) is 0 Å². The zero-order valence-corrected chi connectivity index (χ0v) is 11.3. The lowest BCUT2D eigenvalue weighted by atomic mass is 10.2. The van der Waals surface area contributed by atoms with Crippen LogP contribution < -0.4 is 4.74 Å². The number of ether oxygens (including phenoxy) is 1. The minimum Gasteiger partial charge on any atom is -0.486 e. The highest BCUT2D eigenvalue weighted by molar-refractivity contribution is 5.79. The molecule has 0 aliphatic heterocycles. The zero-order chi connectivity index (χ0) is 14.4. The van der Waals surface area contributed by atoms with Gasteiger partial charge < -0.3 is 4.74 Å². The molecule has 0 unspecified atom stereocenters. The van der Waals surface area contributed by atoms with Crippen LogP contribution in [0.1, 0.15) is 35.8 Å². The molecule has 0 fully saturated rings. The van der Waals surface area contributed by atoms with Gasteiger partial charge in [-0.25, -0.2) is 4.39 Å². The first-order valence-electron chi connectivity index (χ1n) is 6.49. The van der Waals surface area contributed by atoms with Crippen LogP contribution >= 0.6 is 0 Å². The highest BCUT2D eigenvalue weighted by Gasteiger charge is 2.07. The Morgan fingerprint density at radius 1 is 1.45 bits per heavy atom. The maximum atomic E-state index is 13.0. The summed E-state index contributed by atoms with van der Waals surface area (Å²) >= 11 is 0. The molecule has 0 saturated carbocycles. The Labute approximate surface area is 116 Å². The molecular formula is C14H16FN3O2. The monoisotopic (exact) mass is 277 g/mol. The van der Waals surface area contributed by atoms with Gasteiger partial charge in [-0.15, -0.1) is 5.10 Å². The van der Waals surface area contributed by atoms with E-state index in [0.29, 0.717) is 17.7 Å². The fraction of sp³-hybridized carbons (Fsp3) is 0.357. The SMILES string of the molecule is CCCCn1cc(COc2ccc(F)cc2C=O)nn1. The van der Waals surface area contributed by atoms with Gasteiger partial charge in [-0.3, -0.25) is 9.48 Å². The lowest BCUT2D eigenvalue weighted by Gasteiger charge is -2.06. The van der Waals surface area contributed by atoms with Crippen LogP contribution in [0.3, 0.4) is 0 Å². The number of unbranched alkanes of at least 4 members (excludes halogenated alkanes) is 1. The molecule has 20 heavy (non-hydrogen) atoms. The second-order valence-electron chi connectivity index (χ2n) is 4.42. The molecule has 1 aromatic carbocycles. The van der Waals surface area contributed by atoms with E-state index in [1.807, 2.05) is 0 Å². The molecule has 106 valence electrons. The molecule has 6 heteroatoms. The van der Waals surface area contributed by atoms with Crippen LogP contribution in [-0.2, 0) is 13.2 Å². The number of aldehydes is 1. The summed E-state index contributed by atoms with van der Waals surface area (Å²) in [5.74, 6) is -0.130. The molecule has 0 radical (unpaired) electrons. The predicted octanol–water partition coefficient (Wildman–Crippen LogP) is 2.61. The molecule has 0 spiro atoms. The summed E-state index contributed by atoms with van der Waals surface area (Å²) < 4.78 is 20.2. The highest BCUT2D eigenvalue weighted by Crippen LogP contribution is 2.18. The number of nitrogens with zero attached hydrogens (tertiary/aromatic N) is 3. The Morgan fingerprint density at radius 3 is 3.05 bits per heavy atom. The Balaban J connectivity index is 1.98. The van der Waals surface area contributed by atoms with Crippen molar-refractivity contribution in [2.45, 2.75) is 32.9 Å². The third kappa shape index (κ3) is 3.63. The first-order chi connectivity index (χ1) is 9.72. The van der Waals surface area contributed by atoms with E-state index in [9.17, 15) is 9.18 Å². The highest BCUT2D eigenvalue weighted by atomic mass is 19.1. The van der Waals surface area contributed by atoms with Gasteiger partial charge in [0.05, 0.1) is 11.8 Å². The van der Waals surface area contributed by atoms with Gasteiger partial charge in [-0.05, 0) is 24.6 Å². The molecule has 1 aromatic heterocycles. The number of hydrogen-bond donors (Lipinski definition) is 0. The third-order valence-electron chi connectivity index (χ3n) is 2.80. The lowest BCUT2D eigenvalue weighted by Crippen LogP contribution is -1.99. The van der Waals surface area contributed by atoms with Crippen molar-refractivity contribution >= 4 is 6.29 Å². The first kappa shape index (κ1) is 14.2. The standard InChI is InChI=1S/C14H16FN3O2/c1-2-3-6-18-8-13(16-17-18)10-20-14-5-4-12(15)7-11(14)9-19/h4-5,7-9H,2-3,6,10H2,1H3. The van der Waals surface area contributed by atoms with Crippen LogP contribution in [0.4, 0.5) is 4.39 Å². The fourth-order valence-electron chi connectivity index (χ4n) is 1.73. The van der Waals surface area contributed by atoms with Crippen LogP contribution in [0.15, 0.2) is 24.4 Å². The topological polar surface area (TPSA) is 57.0 Å². The summed E-state index contributed by atoms with van der Waals surface area (Å²) in [7, 11) is 0. The summed E-state index contributed by atoms with van der Waals surface area (Å²) in [6.45, 7) is 3.12. The second-order valence-corrected chi connectivity index (χ2v) is 4.42. The van der Waals surface area contributed by atoms with E-state index < -0.39 is 5.82 Å². The Morgan fingerprint density at radius 2 is 2.30 bits per heavy atom. The number of aryl methyl sites for hydroxylation is 1. The van der Waals surface area contributed by atoms with Gasteiger partial charge in [0.15, 0.2) is 6.29 Å². The summed E-state index contributed by atoms with van der Waals surface area (Å²) in [5.41, 5.74) is 0.852. The van der Waals surface area contributed by atoms with Crippen molar-refractivity contribution in [2.75, 3.05) is 0 Å². The van der Waals surface area contributed by atoms with E-state index in [4.69, 9.17) is 4.74 Å². The molecule has 5 nitrogen and oxygen atoms in total. The van der Waals surface area contributed by atoms with Crippen LogP contribution in [-0.4, -0.2) is 21.3 Å². The normalized spacial score (nSPS) is 10.5. The third-order valence-corrected chi connectivity index (χ3v) is 2.80. The van der Waals surface area contributed by atoms with Crippen LogP contribution in [0.25, 0.3) is 0 Å². The maximum absolute atomic E-state index is 13.0. The van der Waals surface area contributed by atoms with Crippen molar-refractivity contribution in [2.24, 2.45) is 0 Å². The number of carbonyl (C=O) groups excluding carboxylic acids is 1.